The van der Waals surface area contributed by atoms with Gasteiger partial charge in [-0.25, -0.2) is 0 Å². The van der Waals surface area contributed by atoms with Crippen LogP contribution in [-0.2, 0) is 23.9 Å². The van der Waals surface area contributed by atoms with Gasteiger partial charge >= 0.3 is 12.1 Å². The van der Waals surface area contributed by atoms with Crippen LogP contribution in [0.25, 0.3) is 0 Å². The highest BCUT2D eigenvalue weighted by atomic mass is 19.4. The van der Waals surface area contributed by atoms with Gasteiger partial charge in [0, 0.05) is 30.7 Å². The number of carboxylic acid groups (broad SMARTS) is 1. The minimum atomic E-state index is -4.43. The van der Waals surface area contributed by atoms with E-state index in [4.69, 9.17) is 14.6 Å². The fourth-order valence-electron chi connectivity index (χ4n) is 5.73. The Morgan fingerprint density at radius 3 is 2.56 bits per heavy atom. The Hall–Kier alpha value is -2.78. The monoisotopic (exact) mass is 505 g/mol. The molecule has 2 heterocycles. The number of aliphatic hydroxyl groups excluding tert-OH is 1. The second kappa shape index (κ2) is 9.94. The van der Waals surface area contributed by atoms with Gasteiger partial charge in [0.15, 0.2) is 0 Å². The summed E-state index contributed by atoms with van der Waals surface area (Å²) in [7, 11) is 0. The summed E-state index contributed by atoms with van der Waals surface area (Å²) < 4.78 is 53.7. The number of carbonyl (C=O) groups is 1. The normalized spacial score (nSPS) is 22.2. The van der Waals surface area contributed by atoms with Crippen molar-refractivity contribution in [1.82, 2.24) is 4.90 Å². The summed E-state index contributed by atoms with van der Waals surface area (Å²) in [6.45, 7) is 2.00. The largest absolute Gasteiger partial charge is 0.492 e. The molecule has 2 atom stereocenters. The van der Waals surface area contributed by atoms with Gasteiger partial charge < -0.3 is 19.7 Å². The average Bonchev–Trinajstić information content (AvgIpc) is 3.43. The molecule has 2 aromatic rings. The van der Waals surface area contributed by atoms with Crippen LogP contribution in [0.4, 0.5) is 13.2 Å². The van der Waals surface area contributed by atoms with Crippen molar-refractivity contribution in [2.24, 2.45) is 5.92 Å². The van der Waals surface area contributed by atoms with Crippen LogP contribution in [0.5, 0.6) is 11.5 Å². The number of nitrogens with zero attached hydrogens (tertiary/aromatic N) is 1. The van der Waals surface area contributed by atoms with E-state index in [1.807, 2.05) is 6.07 Å². The topological polar surface area (TPSA) is 79.2 Å². The number of halogens is 3. The van der Waals surface area contributed by atoms with Gasteiger partial charge in [0.25, 0.3) is 0 Å². The Kier molecular flexibility index (Phi) is 6.87. The number of hydrogen-bond donors (Lipinski definition) is 2. The number of likely N-dealkylation sites (tertiary alicyclic amines) is 1. The molecule has 0 radical (unpaired) electrons. The summed E-state index contributed by atoms with van der Waals surface area (Å²) in [5, 5.41) is 18.5. The summed E-state index contributed by atoms with van der Waals surface area (Å²) in [5.41, 5.74) is 2.09. The zero-order chi connectivity index (χ0) is 25.4. The predicted octanol–water partition coefficient (Wildman–Crippen LogP) is 4.93. The maximum absolute atomic E-state index is 13.9. The number of alkyl halides is 3. The number of hydrogen-bond acceptors (Lipinski definition) is 5. The van der Waals surface area contributed by atoms with Crippen molar-refractivity contribution in [1.29, 1.82) is 0 Å². The summed E-state index contributed by atoms with van der Waals surface area (Å²) in [4.78, 5) is 13.1. The molecular formula is C27H30F3NO5. The molecule has 0 amide bonds. The van der Waals surface area contributed by atoms with Crippen molar-refractivity contribution < 1.29 is 37.7 Å². The Labute approximate surface area is 207 Å². The molecule has 36 heavy (non-hydrogen) atoms. The molecule has 0 aromatic heterocycles. The third-order valence-corrected chi connectivity index (χ3v) is 7.69. The molecule has 1 aliphatic carbocycles. The van der Waals surface area contributed by atoms with Gasteiger partial charge in [-0.1, -0.05) is 12.1 Å². The molecule has 0 saturated carbocycles. The smallest absolute Gasteiger partial charge is 0.416 e. The molecular weight excluding hydrogens is 475 g/mol. The van der Waals surface area contributed by atoms with Crippen LogP contribution in [0.1, 0.15) is 65.5 Å². The summed E-state index contributed by atoms with van der Waals surface area (Å²) in [5.74, 6) is 0.278. The van der Waals surface area contributed by atoms with Crippen molar-refractivity contribution >= 4 is 5.97 Å². The zero-order valence-corrected chi connectivity index (χ0v) is 19.9. The number of carboxylic acids is 1. The Morgan fingerprint density at radius 1 is 1.11 bits per heavy atom. The molecule has 6 nitrogen and oxygen atoms in total. The number of piperidine rings is 1. The number of aliphatic carboxylic acids is 1. The number of ether oxygens (including phenoxy) is 2. The molecule has 2 unspecified atom stereocenters. The first-order valence-electron chi connectivity index (χ1n) is 12.4. The van der Waals surface area contributed by atoms with Gasteiger partial charge in [0.1, 0.15) is 17.6 Å². The highest BCUT2D eigenvalue weighted by Gasteiger charge is 2.38. The molecule has 2 aliphatic heterocycles. The van der Waals surface area contributed by atoms with Gasteiger partial charge in [-0.3, -0.25) is 9.69 Å². The summed E-state index contributed by atoms with van der Waals surface area (Å²) in [6, 6.07) is 8.06. The first-order chi connectivity index (χ1) is 17.2. The third-order valence-electron chi connectivity index (χ3n) is 7.69. The van der Waals surface area contributed by atoms with E-state index in [2.05, 4.69) is 4.90 Å². The predicted molar refractivity (Wildman–Crippen MR) is 125 cm³/mol. The number of benzene rings is 2. The summed E-state index contributed by atoms with van der Waals surface area (Å²) >= 11 is 0. The SMILES string of the molecule is O=C(O)CC1COc2cc(OC3CCc4c3ccc(C(F)(F)F)c4CN3CCC(CO)CC3)ccc21. The third kappa shape index (κ3) is 5.04. The van der Waals surface area contributed by atoms with Crippen molar-refractivity contribution in [2.45, 2.75) is 56.8 Å². The van der Waals surface area contributed by atoms with Crippen molar-refractivity contribution in [3.63, 3.8) is 0 Å². The first-order valence-corrected chi connectivity index (χ1v) is 12.4. The van der Waals surface area contributed by atoms with Crippen LogP contribution < -0.4 is 9.47 Å². The van der Waals surface area contributed by atoms with E-state index in [0.717, 1.165) is 29.5 Å². The molecule has 2 aromatic carbocycles. The second-order valence-electron chi connectivity index (χ2n) is 10.0. The quantitative estimate of drug-likeness (QED) is 0.556. The molecule has 2 N–H and O–H groups in total. The molecule has 1 fully saturated rings. The molecule has 1 saturated heterocycles. The fourth-order valence-corrected chi connectivity index (χ4v) is 5.73. The van der Waals surface area contributed by atoms with Crippen molar-refractivity contribution in [3.8, 4) is 11.5 Å². The van der Waals surface area contributed by atoms with Crippen LogP contribution in [0.3, 0.4) is 0 Å². The van der Waals surface area contributed by atoms with Crippen LogP contribution in [0.2, 0.25) is 0 Å². The maximum Gasteiger partial charge on any atom is 0.416 e. The standard InChI is InChI=1S/C27H30F3NO5/c28-27(29,30)23-5-3-21-20(22(23)13-31-9-7-16(14-32)8-10-31)4-6-24(21)36-18-1-2-19-17(11-26(33)34)15-35-25(19)12-18/h1-3,5,12,16-17,24,32H,4,6-11,13-15H2,(H,33,34). The van der Waals surface area contributed by atoms with Gasteiger partial charge in [0.05, 0.1) is 18.6 Å². The Morgan fingerprint density at radius 2 is 1.86 bits per heavy atom. The van der Waals surface area contributed by atoms with Crippen LogP contribution in [0.15, 0.2) is 30.3 Å². The lowest BCUT2D eigenvalue weighted by atomic mass is 9.93. The number of rotatable bonds is 7. The second-order valence-corrected chi connectivity index (χ2v) is 10.0. The van der Waals surface area contributed by atoms with E-state index < -0.39 is 17.7 Å². The van der Waals surface area contributed by atoms with E-state index in [0.29, 0.717) is 49.6 Å². The molecule has 0 bridgehead atoms. The highest BCUT2D eigenvalue weighted by Crippen LogP contribution is 2.44. The Bertz CT molecular complexity index is 1130. The molecule has 5 rings (SSSR count). The maximum atomic E-state index is 13.9. The minimum Gasteiger partial charge on any atom is -0.492 e. The van der Waals surface area contributed by atoms with E-state index in [1.165, 1.54) is 6.07 Å². The van der Waals surface area contributed by atoms with Crippen LogP contribution in [0, 0.1) is 5.92 Å². The number of aliphatic hydroxyl groups is 1. The van der Waals surface area contributed by atoms with Crippen LogP contribution >= 0.6 is 0 Å². The van der Waals surface area contributed by atoms with Crippen LogP contribution in [-0.4, -0.2) is 47.4 Å². The van der Waals surface area contributed by atoms with Crippen molar-refractivity contribution in [3.05, 3.63) is 58.1 Å². The van der Waals surface area contributed by atoms with E-state index >= 15 is 0 Å². The van der Waals surface area contributed by atoms with E-state index in [9.17, 15) is 23.1 Å². The number of fused-ring (bicyclic) bond motifs is 2. The molecule has 9 heteroatoms. The highest BCUT2D eigenvalue weighted by molar-refractivity contribution is 5.68. The first kappa shape index (κ1) is 24.9. The molecule has 0 spiro atoms. The Balaban J connectivity index is 1.37. The molecule has 194 valence electrons. The average molecular weight is 506 g/mol. The van der Waals surface area contributed by atoms with Gasteiger partial charge in [-0.05, 0) is 73.5 Å². The lowest BCUT2D eigenvalue weighted by Gasteiger charge is -2.32. The minimum absolute atomic E-state index is 0.00874. The molecule has 3 aliphatic rings. The fraction of sp³-hybridized carbons (Fsp3) is 0.519. The van der Waals surface area contributed by atoms with E-state index in [1.54, 1.807) is 18.2 Å². The van der Waals surface area contributed by atoms with Gasteiger partial charge in [0.2, 0.25) is 0 Å². The lowest BCUT2D eigenvalue weighted by Crippen LogP contribution is -2.35. The van der Waals surface area contributed by atoms with Gasteiger partial charge in [-0.2, -0.15) is 13.2 Å². The zero-order valence-electron chi connectivity index (χ0n) is 19.9. The van der Waals surface area contributed by atoms with E-state index in [-0.39, 0.29) is 37.5 Å². The van der Waals surface area contributed by atoms with Crippen molar-refractivity contribution in [2.75, 3.05) is 26.3 Å². The van der Waals surface area contributed by atoms with Gasteiger partial charge in [-0.15, -0.1) is 0 Å². The lowest BCUT2D eigenvalue weighted by molar-refractivity contribution is -0.139. The summed E-state index contributed by atoms with van der Waals surface area (Å²) in [6.07, 6.45) is -2.15.